The normalized spacial score (nSPS) is 21.8. The van der Waals surface area contributed by atoms with E-state index in [9.17, 15) is 19.8 Å². The number of fused-ring (bicyclic) bond motifs is 3. The van der Waals surface area contributed by atoms with Gasteiger partial charge in [-0.05, 0) is 39.3 Å². The lowest BCUT2D eigenvalue weighted by atomic mass is 9.81. The highest BCUT2D eigenvalue weighted by molar-refractivity contribution is 6.06. The van der Waals surface area contributed by atoms with Crippen molar-refractivity contribution in [2.24, 2.45) is 5.92 Å². The summed E-state index contributed by atoms with van der Waals surface area (Å²) < 4.78 is 11.7. The smallest absolute Gasteiger partial charge is 0.311 e. The van der Waals surface area contributed by atoms with Gasteiger partial charge in [-0.3, -0.25) is 9.59 Å². The van der Waals surface area contributed by atoms with Crippen molar-refractivity contribution in [3.63, 3.8) is 0 Å². The fourth-order valence-corrected chi connectivity index (χ4v) is 3.78. The van der Waals surface area contributed by atoms with E-state index in [1.54, 1.807) is 13.0 Å². The maximum Gasteiger partial charge on any atom is 0.311 e. The third-order valence-corrected chi connectivity index (χ3v) is 5.53. The minimum absolute atomic E-state index is 0.0516. The SMILES string of the molecule is CCC[C@H]1CC(=O)Oc2c(C(=O)[C@@H](C)[C@@H](C)O)c(O)c3c(c21)OC(C)(C)C=C3. The van der Waals surface area contributed by atoms with Crippen LogP contribution in [0.15, 0.2) is 6.08 Å². The number of carbonyl (C=O) groups excluding carboxylic acids is 2. The molecule has 3 atom stereocenters. The molecular formula is C22H28O6. The first-order valence-electron chi connectivity index (χ1n) is 9.81. The first kappa shape index (κ1) is 20.4. The molecule has 0 unspecified atom stereocenters. The Labute approximate surface area is 165 Å². The van der Waals surface area contributed by atoms with Gasteiger partial charge in [-0.25, -0.2) is 0 Å². The van der Waals surface area contributed by atoms with Crippen LogP contribution in [0.4, 0.5) is 0 Å². The van der Waals surface area contributed by atoms with Gasteiger partial charge in [0.2, 0.25) is 0 Å². The number of ketones is 1. The Kier molecular flexibility index (Phi) is 5.28. The summed E-state index contributed by atoms with van der Waals surface area (Å²) in [5, 5.41) is 20.8. The van der Waals surface area contributed by atoms with Crippen molar-refractivity contribution >= 4 is 17.8 Å². The van der Waals surface area contributed by atoms with Crippen LogP contribution in [0.2, 0.25) is 0 Å². The number of aromatic hydroxyl groups is 1. The number of ether oxygens (including phenoxy) is 2. The number of hydrogen-bond acceptors (Lipinski definition) is 6. The molecule has 2 heterocycles. The quantitative estimate of drug-likeness (QED) is 0.450. The molecule has 0 amide bonds. The third-order valence-electron chi connectivity index (χ3n) is 5.53. The van der Waals surface area contributed by atoms with Gasteiger partial charge in [0.15, 0.2) is 11.5 Å². The zero-order chi connectivity index (χ0) is 20.8. The Bertz CT molecular complexity index is 849. The van der Waals surface area contributed by atoms with Crippen molar-refractivity contribution in [2.45, 2.75) is 71.5 Å². The number of Topliss-reactive ketones (excluding diaryl/α,β-unsaturated/α-hetero) is 1. The van der Waals surface area contributed by atoms with Crippen LogP contribution in [0.5, 0.6) is 17.2 Å². The fourth-order valence-electron chi connectivity index (χ4n) is 3.78. The Morgan fingerprint density at radius 2 is 2.00 bits per heavy atom. The van der Waals surface area contributed by atoms with Gasteiger partial charge in [0.25, 0.3) is 0 Å². The van der Waals surface area contributed by atoms with Crippen molar-refractivity contribution in [1.82, 2.24) is 0 Å². The van der Waals surface area contributed by atoms with Crippen molar-refractivity contribution in [3.8, 4) is 17.2 Å². The van der Waals surface area contributed by atoms with Crippen molar-refractivity contribution in [3.05, 3.63) is 22.8 Å². The maximum absolute atomic E-state index is 13.1. The van der Waals surface area contributed by atoms with Gasteiger partial charge < -0.3 is 19.7 Å². The van der Waals surface area contributed by atoms with Crippen molar-refractivity contribution < 1.29 is 29.3 Å². The van der Waals surface area contributed by atoms with Crippen LogP contribution in [0.25, 0.3) is 6.08 Å². The van der Waals surface area contributed by atoms with Gasteiger partial charge in [0, 0.05) is 17.4 Å². The second kappa shape index (κ2) is 7.24. The summed E-state index contributed by atoms with van der Waals surface area (Å²) >= 11 is 0. The highest BCUT2D eigenvalue weighted by Crippen LogP contribution is 2.53. The molecule has 2 N–H and O–H groups in total. The number of aliphatic hydroxyl groups is 1. The Balaban J connectivity index is 2.32. The Morgan fingerprint density at radius 1 is 1.32 bits per heavy atom. The van der Waals surface area contributed by atoms with Gasteiger partial charge in [0.05, 0.1) is 18.1 Å². The molecule has 1 aromatic carbocycles. The molecule has 2 aliphatic rings. The average molecular weight is 388 g/mol. The summed E-state index contributed by atoms with van der Waals surface area (Å²) in [5.74, 6) is -1.55. The Hall–Kier alpha value is -2.34. The molecule has 0 fully saturated rings. The molecule has 0 spiro atoms. The summed E-state index contributed by atoms with van der Waals surface area (Å²) in [7, 11) is 0. The van der Waals surface area contributed by atoms with Crippen LogP contribution in [0.3, 0.4) is 0 Å². The fraction of sp³-hybridized carbons (Fsp3) is 0.545. The summed E-state index contributed by atoms with van der Waals surface area (Å²) in [4.78, 5) is 25.4. The van der Waals surface area contributed by atoms with E-state index in [1.165, 1.54) is 6.92 Å². The lowest BCUT2D eigenvalue weighted by Crippen LogP contribution is -2.32. The van der Waals surface area contributed by atoms with Crippen LogP contribution < -0.4 is 9.47 Å². The van der Waals surface area contributed by atoms with Gasteiger partial charge in [-0.1, -0.05) is 20.3 Å². The van der Waals surface area contributed by atoms with Crippen LogP contribution in [-0.4, -0.2) is 33.7 Å². The third kappa shape index (κ3) is 3.41. The number of benzene rings is 1. The van der Waals surface area contributed by atoms with E-state index in [0.717, 1.165) is 12.8 Å². The predicted molar refractivity (Wildman–Crippen MR) is 105 cm³/mol. The molecule has 6 nitrogen and oxygen atoms in total. The lowest BCUT2D eigenvalue weighted by molar-refractivity contribution is -0.136. The van der Waals surface area contributed by atoms with E-state index in [4.69, 9.17) is 9.47 Å². The molecule has 0 saturated carbocycles. The monoisotopic (exact) mass is 388 g/mol. The summed E-state index contributed by atoms with van der Waals surface area (Å²) in [6.07, 6.45) is 4.43. The molecule has 28 heavy (non-hydrogen) atoms. The maximum atomic E-state index is 13.1. The van der Waals surface area contributed by atoms with Crippen LogP contribution in [0.1, 0.15) is 81.3 Å². The van der Waals surface area contributed by atoms with Crippen LogP contribution in [0, 0.1) is 5.92 Å². The zero-order valence-electron chi connectivity index (χ0n) is 17.0. The lowest BCUT2D eigenvalue weighted by Gasteiger charge is -2.35. The van der Waals surface area contributed by atoms with Crippen molar-refractivity contribution in [2.75, 3.05) is 0 Å². The van der Waals surface area contributed by atoms with E-state index in [-0.39, 0.29) is 29.4 Å². The standard InChI is InChI=1S/C22H28O6/c1-6-7-13-10-15(24)27-21-16(13)20-14(8-9-22(4,5)28-20)19(26)17(21)18(25)11(2)12(3)23/h8-9,11-13,23,26H,6-7,10H2,1-5H3/t11-,12+,13-/m0/s1. The minimum atomic E-state index is -0.907. The first-order chi connectivity index (χ1) is 13.1. The van der Waals surface area contributed by atoms with E-state index >= 15 is 0 Å². The molecule has 0 bridgehead atoms. The molecular weight excluding hydrogens is 360 g/mol. The van der Waals surface area contributed by atoms with Gasteiger partial charge in [-0.2, -0.15) is 0 Å². The van der Waals surface area contributed by atoms with Gasteiger partial charge in [-0.15, -0.1) is 0 Å². The largest absolute Gasteiger partial charge is 0.506 e. The number of phenols is 1. The molecule has 0 saturated heterocycles. The highest BCUT2D eigenvalue weighted by Gasteiger charge is 2.41. The van der Waals surface area contributed by atoms with E-state index in [0.29, 0.717) is 16.9 Å². The van der Waals surface area contributed by atoms with Crippen molar-refractivity contribution in [1.29, 1.82) is 0 Å². The second-order valence-corrected chi connectivity index (χ2v) is 8.31. The van der Waals surface area contributed by atoms with E-state index in [1.807, 2.05) is 26.8 Å². The molecule has 6 heteroatoms. The molecule has 3 rings (SSSR count). The summed E-state index contributed by atoms with van der Waals surface area (Å²) in [6, 6.07) is 0. The summed E-state index contributed by atoms with van der Waals surface area (Å²) in [5.41, 5.74) is 0.430. The number of hydrogen-bond donors (Lipinski definition) is 2. The van der Waals surface area contributed by atoms with E-state index < -0.39 is 29.4 Å². The molecule has 0 radical (unpaired) electrons. The summed E-state index contributed by atoms with van der Waals surface area (Å²) in [6.45, 7) is 8.92. The zero-order valence-corrected chi connectivity index (χ0v) is 17.0. The average Bonchev–Trinajstić information content (AvgIpc) is 2.59. The first-order valence-corrected chi connectivity index (χ1v) is 9.81. The topological polar surface area (TPSA) is 93.1 Å². The van der Waals surface area contributed by atoms with E-state index in [2.05, 4.69) is 0 Å². The van der Waals surface area contributed by atoms with Crippen LogP contribution in [-0.2, 0) is 4.79 Å². The van der Waals surface area contributed by atoms with Crippen LogP contribution >= 0.6 is 0 Å². The number of rotatable bonds is 5. The highest BCUT2D eigenvalue weighted by atomic mass is 16.5. The predicted octanol–water partition coefficient (Wildman–Crippen LogP) is 3.97. The van der Waals surface area contributed by atoms with Gasteiger partial charge >= 0.3 is 5.97 Å². The molecule has 1 aromatic rings. The molecule has 0 aliphatic carbocycles. The number of esters is 1. The second-order valence-electron chi connectivity index (χ2n) is 8.31. The Morgan fingerprint density at radius 3 is 2.61 bits per heavy atom. The number of phenolic OH excluding ortho intramolecular Hbond substituents is 1. The molecule has 152 valence electrons. The van der Waals surface area contributed by atoms with Gasteiger partial charge in [0.1, 0.15) is 22.7 Å². The number of aliphatic hydroxyl groups excluding tert-OH is 1. The molecule has 2 aliphatic heterocycles. The number of carbonyl (C=O) groups is 2. The molecule has 0 aromatic heterocycles. The minimum Gasteiger partial charge on any atom is -0.506 e.